The minimum Gasteiger partial charge on any atom is -0.387 e. The largest absolute Gasteiger partial charge is 0.387 e. The molecule has 1 aromatic carbocycles. The highest BCUT2D eigenvalue weighted by molar-refractivity contribution is 6.06. The molecule has 0 saturated carbocycles. The predicted octanol–water partition coefficient (Wildman–Crippen LogP) is 2.57. The van der Waals surface area contributed by atoms with E-state index in [2.05, 4.69) is 27.5 Å². The Balaban J connectivity index is 1.66. The average Bonchev–Trinajstić information content (AvgIpc) is 3.10. The van der Waals surface area contributed by atoms with Gasteiger partial charge in [-0.3, -0.25) is 9.78 Å². The molecule has 27 heavy (non-hydrogen) atoms. The molecule has 1 amide bonds. The highest BCUT2D eigenvalue weighted by Crippen LogP contribution is 2.23. The molecule has 142 valence electrons. The number of aromatic amines is 1. The number of aliphatic hydroxyl groups is 1. The van der Waals surface area contributed by atoms with E-state index in [4.69, 9.17) is 0 Å². The standard InChI is InChI=1S/C21H26N4O2/c1-3-23-21(27)18-8-4-7-17-16(12-25-20(17)18)10-14(2)24-13-19(26)15-6-5-9-22-11-15/h4-9,11-12,14,19,24-26H,3,10,13H2,1-2H3,(H,23,27)/t14-,19-/m1/s1. The number of amides is 1. The molecule has 0 unspecified atom stereocenters. The van der Waals surface area contributed by atoms with Crippen LogP contribution in [0.2, 0.25) is 0 Å². The number of nitrogens with zero attached hydrogens (tertiary/aromatic N) is 1. The van der Waals surface area contributed by atoms with Crippen LogP contribution in [-0.4, -0.2) is 40.1 Å². The molecule has 3 rings (SSSR count). The van der Waals surface area contributed by atoms with E-state index in [1.165, 1.54) is 0 Å². The normalized spacial score (nSPS) is 13.4. The van der Waals surface area contributed by atoms with Crippen molar-refractivity contribution >= 4 is 16.8 Å². The Morgan fingerprint density at radius 3 is 2.89 bits per heavy atom. The van der Waals surface area contributed by atoms with Gasteiger partial charge in [-0.2, -0.15) is 0 Å². The highest BCUT2D eigenvalue weighted by Gasteiger charge is 2.15. The molecule has 0 saturated heterocycles. The topological polar surface area (TPSA) is 90.0 Å². The Morgan fingerprint density at radius 1 is 1.30 bits per heavy atom. The van der Waals surface area contributed by atoms with E-state index in [1.807, 2.05) is 43.5 Å². The molecule has 2 heterocycles. The van der Waals surface area contributed by atoms with Gasteiger partial charge in [-0.15, -0.1) is 0 Å². The second-order valence-corrected chi connectivity index (χ2v) is 6.72. The zero-order valence-corrected chi connectivity index (χ0v) is 15.7. The van der Waals surface area contributed by atoms with E-state index in [-0.39, 0.29) is 11.9 Å². The molecule has 2 aromatic heterocycles. The number of benzene rings is 1. The van der Waals surface area contributed by atoms with Gasteiger partial charge in [0.1, 0.15) is 0 Å². The number of aromatic nitrogens is 2. The van der Waals surface area contributed by atoms with Crippen molar-refractivity contribution in [3.8, 4) is 0 Å². The number of hydrogen-bond acceptors (Lipinski definition) is 4. The van der Waals surface area contributed by atoms with E-state index in [9.17, 15) is 9.90 Å². The SMILES string of the molecule is CCNC(=O)c1cccc2c(C[C@@H](C)NC[C@@H](O)c3cccnc3)c[nH]c12. The van der Waals surface area contributed by atoms with Crippen molar-refractivity contribution in [3.05, 3.63) is 65.6 Å². The number of H-pyrrole nitrogens is 1. The van der Waals surface area contributed by atoms with Crippen LogP contribution in [0.4, 0.5) is 0 Å². The number of carbonyl (C=O) groups is 1. The van der Waals surface area contributed by atoms with Gasteiger partial charge in [0.05, 0.1) is 17.2 Å². The van der Waals surface area contributed by atoms with Crippen LogP contribution < -0.4 is 10.6 Å². The molecule has 6 heteroatoms. The summed E-state index contributed by atoms with van der Waals surface area (Å²) in [5.74, 6) is -0.0673. The van der Waals surface area contributed by atoms with Crippen molar-refractivity contribution < 1.29 is 9.90 Å². The summed E-state index contributed by atoms with van der Waals surface area (Å²) in [5, 5.41) is 17.5. The zero-order valence-electron chi connectivity index (χ0n) is 15.7. The first kappa shape index (κ1) is 19.1. The van der Waals surface area contributed by atoms with Crippen LogP contribution in [0.15, 0.2) is 48.9 Å². The first-order valence-electron chi connectivity index (χ1n) is 9.28. The third-order valence-corrected chi connectivity index (χ3v) is 4.64. The summed E-state index contributed by atoms with van der Waals surface area (Å²) < 4.78 is 0. The maximum absolute atomic E-state index is 12.2. The summed E-state index contributed by atoms with van der Waals surface area (Å²) in [5.41, 5.74) is 3.47. The first-order chi connectivity index (χ1) is 13.1. The Morgan fingerprint density at radius 2 is 2.15 bits per heavy atom. The van der Waals surface area contributed by atoms with Crippen LogP contribution in [-0.2, 0) is 6.42 Å². The lowest BCUT2D eigenvalue weighted by Crippen LogP contribution is -2.32. The summed E-state index contributed by atoms with van der Waals surface area (Å²) in [6.45, 7) is 5.05. The van der Waals surface area contributed by atoms with E-state index in [0.717, 1.165) is 28.5 Å². The molecule has 3 aromatic rings. The molecule has 0 fully saturated rings. The fourth-order valence-electron chi connectivity index (χ4n) is 3.23. The molecule has 0 bridgehead atoms. The number of hydrogen-bond donors (Lipinski definition) is 4. The van der Waals surface area contributed by atoms with Crippen molar-refractivity contribution in [1.29, 1.82) is 0 Å². The van der Waals surface area contributed by atoms with Crippen LogP contribution in [0.1, 0.15) is 41.4 Å². The number of rotatable bonds is 8. The van der Waals surface area contributed by atoms with Crippen molar-refractivity contribution in [3.63, 3.8) is 0 Å². The van der Waals surface area contributed by atoms with Crippen LogP contribution in [0.25, 0.3) is 10.9 Å². The first-order valence-corrected chi connectivity index (χ1v) is 9.28. The Labute approximate surface area is 159 Å². The zero-order chi connectivity index (χ0) is 19.2. The summed E-state index contributed by atoms with van der Waals surface area (Å²) >= 11 is 0. The molecule has 0 radical (unpaired) electrons. The van der Waals surface area contributed by atoms with Gasteiger partial charge in [0.2, 0.25) is 0 Å². The molecule has 0 spiro atoms. The smallest absolute Gasteiger partial charge is 0.253 e. The lowest BCUT2D eigenvalue weighted by molar-refractivity contribution is 0.0957. The average molecular weight is 366 g/mol. The maximum Gasteiger partial charge on any atom is 0.253 e. The summed E-state index contributed by atoms with van der Waals surface area (Å²) in [7, 11) is 0. The van der Waals surface area contributed by atoms with Crippen LogP contribution in [0.5, 0.6) is 0 Å². The van der Waals surface area contributed by atoms with E-state index >= 15 is 0 Å². The van der Waals surface area contributed by atoms with Crippen LogP contribution in [0, 0.1) is 0 Å². The fourth-order valence-corrected chi connectivity index (χ4v) is 3.23. The van der Waals surface area contributed by atoms with Gasteiger partial charge < -0.3 is 20.7 Å². The number of pyridine rings is 1. The predicted molar refractivity (Wildman–Crippen MR) is 107 cm³/mol. The van der Waals surface area contributed by atoms with E-state index < -0.39 is 6.10 Å². The lowest BCUT2D eigenvalue weighted by atomic mass is 10.0. The molecular weight excluding hydrogens is 340 g/mol. The Hall–Kier alpha value is -2.70. The monoisotopic (exact) mass is 366 g/mol. The summed E-state index contributed by atoms with van der Waals surface area (Å²) in [4.78, 5) is 19.5. The minimum absolute atomic E-state index is 0.0673. The van der Waals surface area contributed by atoms with Gasteiger partial charge in [0, 0.05) is 48.7 Å². The third-order valence-electron chi connectivity index (χ3n) is 4.64. The van der Waals surface area contributed by atoms with Gasteiger partial charge in [-0.25, -0.2) is 0 Å². The number of fused-ring (bicyclic) bond motifs is 1. The van der Waals surface area contributed by atoms with E-state index in [1.54, 1.807) is 12.4 Å². The number of carbonyl (C=O) groups excluding carboxylic acids is 1. The molecular formula is C21H26N4O2. The quantitative estimate of drug-likeness (QED) is 0.493. The minimum atomic E-state index is -0.589. The fraction of sp³-hybridized carbons (Fsp3) is 0.333. The lowest BCUT2D eigenvalue weighted by Gasteiger charge is -2.17. The summed E-state index contributed by atoms with van der Waals surface area (Å²) in [6.07, 6.45) is 5.54. The van der Waals surface area contributed by atoms with Crippen molar-refractivity contribution in [2.45, 2.75) is 32.4 Å². The summed E-state index contributed by atoms with van der Waals surface area (Å²) in [6, 6.07) is 9.63. The van der Waals surface area contributed by atoms with Crippen molar-refractivity contribution in [2.75, 3.05) is 13.1 Å². The van der Waals surface area contributed by atoms with Gasteiger partial charge >= 0.3 is 0 Å². The second-order valence-electron chi connectivity index (χ2n) is 6.72. The molecule has 0 aliphatic carbocycles. The van der Waals surface area contributed by atoms with Gasteiger partial charge in [-0.05, 0) is 38.0 Å². The van der Waals surface area contributed by atoms with Gasteiger partial charge in [0.25, 0.3) is 5.91 Å². The molecule has 2 atom stereocenters. The maximum atomic E-state index is 12.2. The number of nitrogens with one attached hydrogen (secondary N) is 3. The van der Waals surface area contributed by atoms with Crippen LogP contribution in [0.3, 0.4) is 0 Å². The number of para-hydroxylation sites is 1. The van der Waals surface area contributed by atoms with Gasteiger partial charge in [-0.1, -0.05) is 18.2 Å². The van der Waals surface area contributed by atoms with Crippen LogP contribution >= 0.6 is 0 Å². The highest BCUT2D eigenvalue weighted by atomic mass is 16.3. The second kappa shape index (κ2) is 8.79. The van der Waals surface area contributed by atoms with Gasteiger partial charge in [0.15, 0.2) is 0 Å². The molecule has 4 N–H and O–H groups in total. The van der Waals surface area contributed by atoms with E-state index in [0.29, 0.717) is 18.7 Å². The number of aliphatic hydroxyl groups excluding tert-OH is 1. The van der Waals surface area contributed by atoms with Crippen molar-refractivity contribution in [1.82, 2.24) is 20.6 Å². The Bertz CT molecular complexity index is 892. The third kappa shape index (κ3) is 4.53. The Kier molecular flexibility index (Phi) is 6.21. The molecule has 0 aliphatic rings. The molecule has 6 nitrogen and oxygen atoms in total. The van der Waals surface area contributed by atoms with Crippen molar-refractivity contribution in [2.24, 2.45) is 0 Å². The molecule has 0 aliphatic heterocycles.